The molecule has 21 heavy (non-hydrogen) atoms. The summed E-state index contributed by atoms with van der Waals surface area (Å²) in [5.41, 5.74) is 7.79. The Bertz CT molecular complexity index is 787. The number of tetrazole rings is 1. The van der Waals surface area contributed by atoms with Crippen molar-refractivity contribution in [3.05, 3.63) is 58.3 Å². The number of halogens is 2. The van der Waals surface area contributed by atoms with Crippen molar-refractivity contribution in [2.24, 2.45) is 0 Å². The van der Waals surface area contributed by atoms with Gasteiger partial charge in [0.2, 0.25) is 0 Å². The van der Waals surface area contributed by atoms with Gasteiger partial charge in [-0.05, 0) is 40.3 Å². The summed E-state index contributed by atoms with van der Waals surface area (Å²) in [4.78, 5) is 0. The highest BCUT2D eigenvalue weighted by Crippen LogP contribution is 2.25. The average molecular weight is 348 g/mol. The summed E-state index contributed by atoms with van der Waals surface area (Å²) in [7, 11) is 0. The molecule has 1 aromatic heterocycles. The van der Waals surface area contributed by atoms with E-state index in [9.17, 15) is 4.39 Å². The van der Waals surface area contributed by atoms with E-state index in [0.29, 0.717) is 23.6 Å². The van der Waals surface area contributed by atoms with Crippen molar-refractivity contribution >= 4 is 21.6 Å². The predicted octanol–water partition coefficient (Wildman–Crippen LogP) is 2.87. The van der Waals surface area contributed by atoms with Crippen LogP contribution in [0, 0.1) is 5.82 Å². The zero-order chi connectivity index (χ0) is 14.8. The molecule has 0 atom stereocenters. The molecule has 3 rings (SSSR count). The van der Waals surface area contributed by atoms with Crippen LogP contribution in [0.2, 0.25) is 0 Å². The lowest BCUT2D eigenvalue weighted by molar-refractivity contribution is 0.628. The van der Waals surface area contributed by atoms with Crippen molar-refractivity contribution < 1.29 is 4.39 Å². The zero-order valence-electron chi connectivity index (χ0n) is 10.9. The molecular weight excluding hydrogens is 337 g/mol. The van der Waals surface area contributed by atoms with Crippen molar-refractivity contribution in [1.29, 1.82) is 0 Å². The summed E-state index contributed by atoms with van der Waals surface area (Å²) >= 11 is 3.49. The van der Waals surface area contributed by atoms with E-state index in [2.05, 4.69) is 31.5 Å². The van der Waals surface area contributed by atoms with Crippen molar-refractivity contribution in [3.8, 4) is 11.4 Å². The van der Waals surface area contributed by atoms with Crippen LogP contribution in [0.3, 0.4) is 0 Å². The second-order valence-electron chi connectivity index (χ2n) is 4.48. The van der Waals surface area contributed by atoms with Crippen LogP contribution in [-0.2, 0) is 6.54 Å². The smallest absolute Gasteiger partial charge is 0.184 e. The molecule has 1 heterocycles. The molecule has 2 N–H and O–H groups in total. The number of benzene rings is 2. The normalized spacial score (nSPS) is 10.8. The van der Waals surface area contributed by atoms with Crippen LogP contribution in [0.15, 0.2) is 46.9 Å². The molecule has 0 saturated heterocycles. The molecule has 0 spiro atoms. The van der Waals surface area contributed by atoms with Crippen LogP contribution in [0.4, 0.5) is 10.1 Å². The van der Waals surface area contributed by atoms with Gasteiger partial charge in [0.15, 0.2) is 5.82 Å². The molecule has 0 amide bonds. The van der Waals surface area contributed by atoms with Crippen LogP contribution >= 0.6 is 15.9 Å². The van der Waals surface area contributed by atoms with E-state index in [1.54, 1.807) is 10.7 Å². The lowest BCUT2D eigenvalue weighted by atomic mass is 10.1. The van der Waals surface area contributed by atoms with Gasteiger partial charge in [0.1, 0.15) is 5.82 Å². The maximum Gasteiger partial charge on any atom is 0.184 e. The van der Waals surface area contributed by atoms with Gasteiger partial charge in [0.25, 0.3) is 0 Å². The Kier molecular flexibility index (Phi) is 3.66. The van der Waals surface area contributed by atoms with Gasteiger partial charge in [-0.1, -0.05) is 34.1 Å². The van der Waals surface area contributed by atoms with E-state index in [4.69, 9.17) is 5.73 Å². The highest BCUT2D eigenvalue weighted by molar-refractivity contribution is 9.10. The first-order chi connectivity index (χ1) is 10.1. The predicted molar refractivity (Wildman–Crippen MR) is 80.9 cm³/mol. The lowest BCUT2D eigenvalue weighted by Crippen LogP contribution is -2.06. The third kappa shape index (κ3) is 2.78. The number of nitrogens with zero attached hydrogens (tertiary/aromatic N) is 4. The minimum absolute atomic E-state index is 0.304. The molecular formula is C14H11BrFN5. The molecule has 3 aromatic rings. The Hall–Kier alpha value is -2.28. The van der Waals surface area contributed by atoms with Crippen molar-refractivity contribution in [2.75, 3.05) is 5.73 Å². The first-order valence-corrected chi connectivity index (χ1v) is 6.99. The maximum absolute atomic E-state index is 13.1. The minimum atomic E-state index is -0.388. The van der Waals surface area contributed by atoms with Gasteiger partial charge >= 0.3 is 0 Å². The summed E-state index contributed by atoms with van der Waals surface area (Å²) in [6.45, 7) is 0.487. The molecule has 0 unspecified atom stereocenters. The highest BCUT2D eigenvalue weighted by Gasteiger charge is 2.13. The van der Waals surface area contributed by atoms with Gasteiger partial charge in [-0.25, -0.2) is 9.07 Å². The second kappa shape index (κ2) is 5.61. The number of nitrogen functional groups attached to an aromatic ring is 1. The van der Waals surface area contributed by atoms with E-state index in [1.165, 1.54) is 12.1 Å². The molecule has 5 nitrogen and oxygen atoms in total. The monoisotopic (exact) mass is 347 g/mol. The zero-order valence-corrected chi connectivity index (χ0v) is 12.5. The molecule has 2 aromatic carbocycles. The van der Waals surface area contributed by atoms with E-state index >= 15 is 0 Å². The Morgan fingerprint density at radius 1 is 1.19 bits per heavy atom. The SMILES string of the molecule is Nc1cc(F)ccc1-c1nnnn1Cc1ccccc1Br. The third-order valence-corrected chi connectivity index (χ3v) is 3.84. The maximum atomic E-state index is 13.1. The number of aromatic nitrogens is 4. The number of rotatable bonds is 3. The topological polar surface area (TPSA) is 69.6 Å². The fraction of sp³-hybridized carbons (Fsp3) is 0.0714. The van der Waals surface area contributed by atoms with E-state index in [0.717, 1.165) is 10.0 Å². The van der Waals surface area contributed by atoms with Crippen molar-refractivity contribution in [2.45, 2.75) is 6.54 Å². The lowest BCUT2D eigenvalue weighted by Gasteiger charge is -2.08. The quantitative estimate of drug-likeness (QED) is 0.739. The molecule has 0 saturated carbocycles. The van der Waals surface area contributed by atoms with Gasteiger partial charge in [0, 0.05) is 15.7 Å². The van der Waals surface area contributed by atoms with E-state index < -0.39 is 0 Å². The molecule has 7 heteroatoms. The Balaban J connectivity index is 2.00. The fourth-order valence-electron chi connectivity index (χ4n) is 2.03. The highest BCUT2D eigenvalue weighted by atomic mass is 79.9. The number of hydrogen-bond acceptors (Lipinski definition) is 4. The summed E-state index contributed by atoms with van der Waals surface area (Å²) in [5, 5.41) is 11.7. The van der Waals surface area contributed by atoms with Gasteiger partial charge in [0.05, 0.1) is 6.54 Å². The van der Waals surface area contributed by atoms with Crippen LogP contribution < -0.4 is 5.73 Å². The minimum Gasteiger partial charge on any atom is -0.398 e. The van der Waals surface area contributed by atoms with Gasteiger partial charge in [-0.3, -0.25) is 0 Å². The summed E-state index contributed by atoms with van der Waals surface area (Å²) in [6.07, 6.45) is 0. The molecule has 0 aliphatic rings. The van der Waals surface area contributed by atoms with Gasteiger partial charge in [-0.2, -0.15) is 0 Å². The average Bonchev–Trinajstić information content (AvgIpc) is 2.89. The van der Waals surface area contributed by atoms with Crippen LogP contribution in [-0.4, -0.2) is 20.2 Å². The van der Waals surface area contributed by atoms with Gasteiger partial charge in [-0.15, -0.1) is 5.10 Å². The summed E-state index contributed by atoms with van der Waals surface area (Å²) in [5.74, 6) is 0.115. The fourth-order valence-corrected chi connectivity index (χ4v) is 2.44. The number of nitrogens with two attached hydrogens (primary N) is 1. The molecule has 0 aliphatic heterocycles. The number of anilines is 1. The molecule has 106 valence electrons. The van der Waals surface area contributed by atoms with E-state index in [1.807, 2.05) is 24.3 Å². The molecule has 0 radical (unpaired) electrons. The Morgan fingerprint density at radius 2 is 2.00 bits per heavy atom. The molecule has 0 aliphatic carbocycles. The molecule has 0 fully saturated rings. The Labute approximate surface area is 128 Å². The largest absolute Gasteiger partial charge is 0.398 e. The van der Waals surface area contributed by atoms with Crippen LogP contribution in [0.1, 0.15) is 5.56 Å². The first-order valence-electron chi connectivity index (χ1n) is 6.20. The third-order valence-electron chi connectivity index (χ3n) is 3.06. The Morgan fingerprint density at radius 3 is 2.76 bits per heavy atom. The van der Waals surface area contributed by atoms with Gasteiger partial charge < -0.3 is 5.73 Å². The van der Waals surface area contributed by atoms with Crippen LogP contribution in [0.5, 0.6) is 0 Å². The van der Waals surface area contributed by atoms with E-state index in [-0.39, 0.29) is 5.82 Å². The van der Waals surface area contributed by atoms with Crippen molar-refractivity contribution in [3.63, 3.8) is 0 Å². The standard InChI is InChI=1S/C14H11BrFN5/c15-12-4-2-1-3-9(12)8-21-14(18-19-20-21)11-6-5-10(16)7-13(11)17/h1-7H,8,17H2. The molecule has 0 bridgehead atoms. The number of hydrogen-bond donors (Lipinski definition) is 1. The summed E-state index contributed by atoms with van der Waals surface area (Å²) in [6, 6.07) is 12.0. The summed E-state index contributed by atoms with van der Waals surface area (Å²) < 4.78 is 15.7. The van der Waals surface area contributed by atoms with Crippen molar-refractivity contribution in [1.82, 2.24) is 20.2 Å². The van der Waals surface area contributed by atoms with Crippen LogP contribution in [0.25, 0.3) is 11.4 Å². The second-order valence-corrected chi connectivity index (χ2v) is 5.34. The first kappa shape index (κ1) is 13.7.